The van der Waals surface area contributed by atoms with Crippen molar-refractivity contribution in [1.29, 1.82) is 0 Å². The Morgan fingerprint density at radius 3 is 2.37 bits per heavy atom. The van der Waals surface area contributed by atoms with Crippen LogP contribution in [0, 0.1) is 12.8 Å². The maximum absolute atomic E-state index is 10.7. The van der Waals surface area contributed by atoms with Crippen molar-refractivity contribution in [1.82, 2.24) is 15.0 Å². The minimum absolute atomic E-state index is 0.121. The summed E-state index contributed by atoms with van der Waals surface area (Å²) in [5, 5.41) is 31.9. The van der Waals surface area contributed by atoms with Gasteiger partial charge in [-0.2, -0.15) is 0 Å². The number of hydrogen-bond acceptors (Lipinski definition) is 9. The molecule has 1 aliphatic carbocycles. The molecule has 5 N–H and O–H groups in total. The number of anilines is 2. The number of nitrogens with zero attached hydrogens (tertiary/aromatic N) is 4. The average Bonchev–Trinajstić information content (AvgIpc) is 3.11. The summed E-state index contributed by atoms with van der Waals surface area (Å²) in [6.45, 7) is 10.1. The molecule has 0 aliphatic heterocycles. The van der Waals surface area contributed by atoms with Gasteiger partial charge in [0, 0.05) is 23.5 Å². The Hall–Kier alpha value is -2.33. The molecule has 2 unspecified atom stereocenters. The molecule has 35 heavy (non-hydrogen) atoms. The minimum Gasteiger partial charge on any atom is -0.383 e. The molecule has 0 spiro atoms. The van der Waals surface area contributed by atoms with Gasteiger partial charge in [-0.25, -0.2) is 9.97 Å². The number of ether oxygens (including phenoxy) is 1. The van der Waals surface area contributed by atoms with E-state index in [-0.39, 0.29) is 18.1 Å². The number of hydrogen-bond donors (Lipinski definition) is 4. The van der Waals surface area contributed by atoms with E-state index < -0.39 is 17.1 Å². The maximum atomic E-state index is 10.7. The molecule has 2 heterocycles. The molecule has 9 nitrogen and oxygen atoms in total. The van der Waals surface area contributed by atoms with E-state index in [0.29, 0.717) is 23.6 Å². The first kappa shape index (κ1) is 27.3. The first-order valence-electron chi connectivity index (χ1n) is 12.3. The number of aliphatic hydroxyl groups is 3. The lowest BCUT2D eigenvalue weighted by Gasteiger charge is -2.49. The molecule has 1 saturated carbocycles. The van der Waals surface area contributed by atoms with Crippen LogP contribution in [0.4, 0.5) is 11.6 Å². The van der Waals surface area contributed by atoms with Gasteiger partial charge < -0.3 is 30.7 Å². The van der Waals surface area contributed by atoms with Gasteiger partial charge in [-0.15, -0.1) is 0 Å². The summed E-state index contributed by atoms with van der Waals surface area (Å²) < 4.78 is 6.11. The second kappa shape index (κ2) is 10.3. The predicted molar refractivity (Wildman–Crippen MR) is 135 cm³/mol. The smallest absolute Gasteiger partial charge is 0.183 e. The highest BCUT2D eigenvalue weighted by Gasteiger charge is 2.50. The lowest BCUT2D eigenvalue weighted by atomic mass is 9.89. The third-order valence-corrected chi connectivity index (χ3v) is 7.23. The monoisotopic (exact) mass is 487 g/mol. The number of aromatic nitrogens is 3. The predicted octanol–water partition coefficient (Wildman–Crippen LogP) is 2.96. The summed E-state index contributed by atoms with van der Waals surface area (Å²) in [6.07, 6.45) is 7.02. The molecule has 0 aromatic carbocycles. The van der Waals surface area contributed by atoms with E-state index in [9.17, 15) is 15.3 Å². The van der Waals surface area contributed by atoms with Crippen LogP contribution in [-0.2, 0) is 11.2 Å². The number of pyridine rings is 1. The highest BCUT2D eigenvalue weighted by atomic mass is 16.6. The number of aryl methyl sites for hydroxylation is 1. The molecule has 2 aromatic heterocycles. The Morgan fingerprint density at radius 2 is 1.77 bits per heavy atom. The SMILES string of the molecule is Cc1c(N)ncnc1N(C1CC(CCCc2ccccn2)[C@@H](OC(C)(C)O)C1)C(C)(C)C(C)(O)O. The van der Waals surface area contributed by atoms with Crippen molar-refractivity contribution >= 4 is 11.6 Å². The lowest BCUT2D eigenvalue weighted by molar-refractivity contribution is -0.213. The van der Waals surface area contributed by atoms with Crippen LogP contribution in [-0.4, -0.2) is 59.5 Å². The fraction of sp³-hybridized carbons (Fsp3) is 0.654. The highest BCUT2D eigenvalue weighted by Crippen LogP contribution is 2.43. The standard InChI is InChI=1S/C26H41N5O4/c1-17-22(27)29-16-30-23(17)31(24(2,3)26(6,33)34)20-14-18(21(15-20)35-25(4,5)32)10-9-12-19-11-7-8-13-28-19/h7-8,11,13,16,18,20-21,32-34H,9-10,12,14-15H2,1-6H3,(H2,27,29,30)/t18?,20?,21-/m0/s1. The molecule has 1 fully saturated rings. The Kier molecular flexibility index (Phi) is 8.06. The molecule has 0 amide bonds. The molecule has 194 valence electrons. The summed E-state index contributed by atoms with van der Waals surface area (Å²) in [5.41, 5.74) is 6.73. The number of rotatable bonds is 10. The fourth-order valence-corrected chi connectivity index (χ4v) is 5.00. The second-order valence-corrected chi connectivity index (χ2v) is 10.9. The largest absolute Gasteiger partial charge is 0.383 e. The molecule has 3 rings (SSSR count). The van der Waals surface area contributed by atoms with Gasteiger partial charge in [0.05, 0.1) is 11.6 Å². The molecule has 0 radical (unpaired) electrons. The van der Waals surface area contributed by atoms with Gasteiger partial charge in [0.1, 0.15) is 18.0 Å². The zero-order valence-corrected chi connectivity index (χ0v) is 21.8. The lowest BCUT2D eigenvalue weighted by Crippen LogP contribution is -2.63. The second-order valence-electron chi connectivity index (χ2n) is 10.9. The fourth-order valence-electron chi connectivity index (χ4n) is 5.00. The van der Waals surface area contributed by atoms with Gasteiger partial charge in [-0.3, -0.25) is 4.98 Å². The van der Waals surface area contributed by atoms with Crippen LogP contribution in [0.25, 0.3) is 0 Å². The molecular weight excluding hydrogens is 446 g/mol. The van der Waals surface area contributed by atoms with Crippen LogP contribution >= 0.6 is 0 Å². The topological polar surface area (TPSA) is 138 Å². The molecular formula is C26H41N5O4. The van der Waals surface area contributed by atoms with Crippen molar-refractivity contribution in [2.75, 3.05) is 10.6 Å². The summed E-state index contributed by atoms with van der Waals surface area (Å²) in [5.74, 6) is -2.23. The van der Waals surface area contributed by atoms with E-state index in [0.717, 1.165) is 31.4 Å². The molecule has 3 atom stereocenters. The molecule has 1 aliphatic rings. The van der Waals surface area contributed by atoms with Crippen molar-refractivity contribution in [3.05, 3.63) is 42.0 Å². The van der Waals surface area contributed by atoms with E-state index >= 15 is 0 Å². The normalized spacial score (nSPS) is 21.3. The van der Waals surface area contributed by atoms with Gasteiger partial charge in [-0.05, 0) is 91.7 Å². The first-order chi connectivity index (χ1) is 16.2. The minimum atomic E-state index is -2.02. The van der Waals surface area contributed by atoms with Crippen LogP contribution < -0.4 is 10.6 Å². The van der Waals surface area contributed by atoms with Crippen LogP contribution in [0.5, 0.6) is 0 Å². The van der Waals surface area contributed by atoms with Crippen molar-refractivity contribution in [2.45, 2.75) is 103 Å². The molecule has 2 aromatic rings. The van der Waals surface area contributed by atoms with Crippen LogP contribution in [0.2, 0.25) is 0 Å². The Labute approximate surface area is 208 Å². The number of nitrogen functional groups attached to an aromatic ring is 1. The summed E-state index contributed by atoms with van der Waals surface area (Å²) >= 11 is 0. The first-order valence-corrected chi connectivity index (χ1v) is 12.3. The summed E-state index contributed by atoms with van der Waals surface area (Å²) in [6, 6.07) is 5.80. The van der Waals surface area contributed by atoms with Crippen molar-refractivity contribution in [2.24, 2.45) is 5.92 Å². The van der Waals surface area contributed by atoms with E-state index in [4.69, 9.17) is 10.5 Å². The van der Waals surface area contributed by atoms with Gasteiger partial charge in [0.15, 0.2) is 11.6 Å². The maximum Gasteiger partial charge on any atom is 0.183 e. The highest BCUT2D eigenvalue weighted by molar-refractivity contribution is 5.58. The van der Waals surface area contributed by atoms with Gasteiger partial charge in [0.25, 0.3) is 0 Å². The Balaban J connectivity index is 1.91. The van der Waals surface area contributed by atoms with E-state index in [1.807, 2.05) is 30.0 Å². The van der Waals surface area contributed by atoms with Crippen LogP contribution in [0.3, 0.4) is 0 Å². The average molecular weight is 488 g/mol. The van der Waals surface area contributed by atoms with Crippen molar-refractivity contribution < 1.29 is 20.1 Å². The quantitative estimate of drug-likeness (QED) is 0.373. The van der Waals surface area contributed by atoms with Crippen LogP contribution in [0.1, 0.15) is 71.6 Å². The molecule has 9 heteroatoms. The molecule has 0 saturated heterocycles. The molecule has 0 bridgehead atoms. The summed E-state index contributed by atoms with van der Waals surface area (Å²) in [4.78, 5) is 15.0. The zero-order chi connectivity index (χ0) is 26.0. The van der Waals surface area contributed by atoms with Crippen LogP contribution in [0.15, 0.2) is 30.7 Å². The van der Waals surface area contributed by atoms with E-state index in [1.165, 1.54) is 13.3 Å². The van der Waals surface area contributed by atoms with E-state index in [1.54, 1.807) is 33.9 Å². The third kappa shape index (κ3) is 6.46. The van der Waals surface area contributed by atoms with Crippen molar-refractivity contribution in [3.8, 4) is 0 Å². The van der Waals surface area contributed by atoms with Gasteiger partial charge >= 0.3 is 0 Å². The van der Waals surface area contributed by atoms with Gasteiger partial charge in [-0.1, -0.05) is 6.07 Å². The Bertz CT molecular complexity index is 972. The van der Waals surface area contributed by atoms with Gasteiger partial charge in [0.2, 0.25) is 0 Å². The Morgan fingerprint density at radius 1 is 1.06 bits per heavy atom. The van der Waals surface area contributed by atoms with E-state index in [2.05, 4.69) is 15.0 Å². The number of nitrogens with two attached hydrogens (primary N) is 1. The summed E-state index contributed by atoms with van der Waals surface area (Å²) in [7, 11) is 0. The zero-order valence-electron chi connectivity index (χ0n) is 21.8. The van der Waals surface area contributed by atoms with Crippen molar-refractivity contribution in [3.63, 3.8) is 0 Å². The third-order valence-electron chi connectivity index (χ3n) is 7.23.